The van der Waals surface area contributed by atoms with Gasteiger partial charge in [-0.3, -0.25) is 4.79 Å². The highest BCUT2D eigenvalue weighted by Crippen LogP contribution is 2.49. The highest BCUT2D eigenvalue weighted by Gasteiger charge is 2.47. The molecule has 1 aromatic rings. The lowest BCUT2D eigenvalue weighted by Crippen LogP contribution is -2.40. The number of hydrogen-bond donors (Lipinski definition) is 1. The second-order valence-electron chi connectivity index (χ2n) is 5.69. The van der Waals surface area contributed by atoms with Crippen LogP contribution in [0.5, 0.6) is 0 Å². The fraction of sp³-hybridized carbons (Fsp3) is 0.533. The minimum atomic E-state index is 0.0967. The van der Waals surface area contributed by atoms with Crippen molar-refractivity contribution in [2.45, 2.75) is 31.2 Å². The predicted octanol–water partition coefficient (Wildman–Crippen LogP) is 3.05. The molecule has 108 valence electrons. The molecule has 0 spiro atoms. The van der Waals surface area contributed by atoms with Crippen molar-refractivity contribution in [3.8, 4) is 0 Å². The molecular formula is C15H18Cl2N2O. The Hall–Kier alpha value is -0.770. The smallest absolute Gasteiger partial charge is 0.226 e. The Morgan fingerprint density at radius 1 is 1.35 bits per heavy atom. The van der Waals surface area contributed by atoms with Crippen molar-refractivity contribution in [1.29, 1.82) is 0 Å². The molecule has 2 aliphatic rings. The van der Waals surface area contributed by atoms with Gasteiger partial charge in [0, 0.05) is 25.0 Å². The third-order valence-corrected chi connectivity index (χ3v) is 5.15. The van der Waals surface area contributed by atoms with Gasteiger partial charge in [-0.2, -0.15) is 0 Å². The molecule has 0 unspecified atom stereocenters. The zero-order chi connectivity index (χ0) is 14.3. The van der Waals surface area contributed by atoms with Gasteiger partial charge < -0.3 is 10.6 Å². The standard InChI is InChI=1S/C15H18Cl2N2O/c16-13-4-3-9(6-14(13)17)11-7-12(11)15(20)19-5-1-2-10(19)8-18/h3-4,6,10-12H,1-2,5,7-8,18H2/t10-,11+,12+/m0/s1. The molecule has 3 atom stereocenters. The molecule has 1 saturated carbocycles. The van der Waals surface area contributed by atoms with E-state index < -0.39 is 0 Å². The van der Waals surface area contributed by atoms with E-state index in [0.717, 1.165) is 31.4 Å². The summed E-state index contributed by atoms with van der Waals surface area (Å²) in [6.45, 7) is 1.42. The Morgan fingerprint density at radius 2 is 2.15 bits per heavy atom. The largest absolute Gasteiger partial charge is 0.338 e. The van der Waals surface area contributed by atoms with Crippen molar-refractivity contribution in [2.75, 3.05) is 13.1 Å². The molecule has 1 aromatic carbocycles. The van der Waals surface area contributed by atoms with Gasteiger partial charge in [0.25, 0.3) is 0 Å². The number of hydrogen-bond acceptors (Lipinski definition) is 2. The summed E-state index contributed by atoms with van der Waals surface area (Å²) in [5.41, 5.74) is 6.85. The highest BCUT2D eigenvalue weighted by atomic mass is 35.5. The Morgan fingerprint density at radius 3 is 2.85 bits per heavy atom. The Bertz CT molecular complexity index is 535. The lowest BCUT2D eigenvalue weighted by molar-refractivity contribution is -0.133. The van der Waals surface area contributed by atoms with Crippen LogP contribution in [0.2, 0.25) is 10.0 Å². The first-order valence-corrected chi connectivity index (χ1v) is 7.83. The van der Waals surface area contributed by atoms with Crippen LogP contribution in [0.15, 0.2) is 18.2 Å². The van der Waals surface area contributed by atoms with Gasteiger partial charge in [-0.15, -0.1) is 0 Å². The number of carbonyl (C=O) groups is 1. The normalized spacial score (nSPS) is 28.8. The predicted molar refractivity (Wildman–Crippen MR) is 81.1 cm³/mol. The summed E-state index contributed by atoms with van der Waals surface area (Å²) in [5.74, 6) is 0.643. The Kier molecular flexibility index (Phi) is 3.93. The van der Waals surface area contributed by atoms with E-state index in [2.05, 4.69) is 0 Å². The maximum Gasteiger partial charge on any atom is 0.226 e. The zero-order valence-corrected chi connectivity index (χ0v) is 12.7. The highest BCUT2D eigenvalue weighted by molar-refractivity contribution is 6.42. The van der Waals surface area contributed by atoms with E-state index in [1.807, 2.05) is 17.0 Å². The first-order chi connectivity index (χ1) is 9.61. The summed E-state index contributed by atoms with van der Waals surface area (Å²) in [6, 6.07) is 5.89. The number of benzene rings is 1. The van der Waals surface area contributed by atoms with Crippen molar-refractivity contribution in [3.05, 3.63) is 33.8 Å². The third kappa shape index (κ3) is 2.54. The van der Waals surface area contributed by atoms with Gasteiger partial charge in [-0.1, -0.05) is 29.3 Å². The van der Waals surface area contributed by atoms with Crippen LogP contribution in [0.25, 0.3) is 0 Å². The minimum Gasteiger partial charge on any atom is -0.338 e. The fourth-order valence-corrected chi connectivity index (χ4v) is 3.47. The summed E-state index contributed by atoms with van der Waals surface area (Å²) in [5, 5.41) is 1.12. The maximum absolute atomic E-state index is 12.5. The third-order valence-electron chi connectivity index (χ3n) is 4.41. The SMILES string of the molecule is NC[C@@H]1CCCN1C(=O)[C@@H]1C[C@@H]1c1ccc(Cl)c(Cl)c1. The number of amides is 1. The van der Waals surface area contributed by atoms with E-state index in [4.69, 9.17) is 28.9 Å². The van der Waals surface area contributed by atoms with Gasteiger partial charge >= 0.3 is 0 Å². The monoisotopic (exact) mass is 312 g/mol. The van der Waals surface area contributed by atoms with Gasteiger partial charge in [-0.05, 0) is 42.9 Å². The van der Waals surface area contributed by atoms with Crippen molar-refractivity contribution >= 4 is 29.1 Å². The summed E-state index contributed by atoms with van der Waals surface area (Å²) in [4.78, 5) is 14.5. The molecule has 3 nitrogen and oxygen atoms in total. The summed E-state index contributed by atoms with van der Waals surface area (Å²) in [7, 11) is 0. The van der Waals surface area contributed by atoms with E-state index >= 15 is 0 Å². The average molecular weight is 313 g/mol. The van der Waals surface area contributed by atoms with Crippen molar-refractivity contribution in [2.24, 2.45) is 11.7 Å². The van der Waals surface area contributed by atoms with Crippen LogP contribution >= 0.6 is 23.2 Å². The lowest BCUT2D eigenvalue weighted by Gasteiger charge is -2.23. The summed E-state index contributed by atoms with van der Waals surface area (Å²) in [6.07, 6.45) is 3.01. The number of nitrogens with zero attached hydrogens (tertiary/aromatic N) is 1. The van der Waals surface area contributed by atoms with E-state index in [1.165, 1.54) is 0 Å². The molecule has 1 aliphatic heterocycles. The molecule has 1 saturated heterocycles. The van der Waals surface area contributed by atoms with Crippen LogP contribution in [0.1, 0.15) is 30.7 Å². The van der Waals surface area contributed by atoms with Crippen molar-refractivity contribution < 1.29 is 4.79 Å². The van der Waals surface area contributed by atoms with E-state index in [9.17, 15) is 4.79 Å². The molecule has 2 fully saturated rings. The molecule has 5 heteroatoms. The van der Waals surface area contributed by atoms with E-state index in [0.29, 0.717) is 16.6 Å². The molecule has 0 radical (unpaired) electrons. The van der Waals surface area contributed by atoms with Crippen LogP contribution in [-0.2, 0) is 4.79 Å². The summed E-state index contributed by atoms with van der Waals surface area (Å²) < 4.78 is 0. The second kappa shape index (κ2) is 5.55. The molecule has 0 bridgehead atoms. The Labute approximate surface area is 129 Å². The minimum absolute atomic E-state index is 0.0967. The van der Waals surface area contributed by atoms with Crippen LogP contribution in [0.3, 0.4) is 0 Å². The number of rotatable bonds is 3. The fourth-order valence-electron chi connectivity index (χ4n) is 3.16. The van der Waals surface area contributed by atoms with Gasteiger partial charge in [0.05, 0.1) is 10.0 Å². The second-order valence-corrected chi connectivity index (χ2v) is 6.50. The topological polar surface area (TPSA) is 46.3 Å². The summed E-state index contributed by atoms with van der Waals surface area (Å²) >= 11 is 12.0. The van der Waals surface area contributed by atoms with Gasteiger partial charge in [0.1, 0.15) is 0 Å². The quantitative estimate of drug-likeness (QED) is 0.932. The molecule has 2 N–H and O–H groups in total. The molecule has 0 aromatic heterocycles. The molecule has 1 heterocycles. The van der Waals surface area contributed by atoms with E-state index in [-0.39, 0.29) is 23.8 Å². The number of likely N-dealkylation sites (tertiary alicyclic amines) is 1. The van der Waals surface area contributed by atoms with Crippen LogP contribution < -0.4 is 5.73 Å². The zero-order valence-electron chi connectivity index (χ0n) is 11.2. The molecule has 3 rings (SSSR count). The van der Waals surface area contributed by atoms with Crippen molar-refractivity contribution in [3.63, 3.8) is 0 Å². The van der Waals surface area contributed by atoms with Crippen LogP contribution in [0, 0.1) is 5.92 Å². The number of halogens is 2. The lowest BCUT2D eigenvalue weighted by atomic mass is 10.1. The van der Waals surface area contributed by atoms with Crippen LogP contribution in [0.4, 0.5) is 0 Å². The number of nitrogens with two attached hydrogens (primary N) is 1. The first kappa shape index (κ1) is 14.2. The Balaban J connectivity index is 1.69. The number of carbonyl (C=O) groups excluding carboxylic acids is 1. The molecule has 1 aliphatic carbocycles. The average Bonchev–Trinajstić information content (AvgIpc) is 3.10. The molecular weight excluding hydrogens is 295 g/mol. The van der Waals surface area contributed by atoms with E-state index in [1.54, 1.807) is 6.07 Å². The van der Waals surface area contributed by atoms with Gasteiger partial charge in [0.2, 0.25) is 5.91 Å². The molecule has 20 heavy (non-hydrogen) atoms. The van der Waals surface area contributed by atoms with Gasteiger partial charge in [0.15, 0.2) is 0 Å². The maximum atomic E-state index is 12.5. The van der Waals surface area contributed by atoms with Crippen LogP contribution in [-0.4, -0.2) is 29.9 Å². The first-order valence-electron chi connectivity index (χ1n) is 7.07. The van der Waals surface area contributed by atoms with Gasteiger partial charge in [-0.25, -0.2) is 0 Å². The molecule has 1 amide bonds. The van der Waals surface area contributed by atoms with Crippen molar-refractivity contribution in [1.82, 2.24) is 4.90 Å².